The molecule has 0 aliphatic heterocycles. The van der Waals surface area contributed by atoms with Gasteiger partial charge in [-0.05, 0) is 25.0 Å². The Labute approximate surface area is 116 Å². The predicted octanol–water partition coefficient (Wildman–Crippen LogP) is 3.45. The SMILES string of the molecule is N#Cc1c(C2CCCC2)nn(-c2ccncc2)c1Cl. The third-order valence-electron chi connectivity index (χ3n) is 3.62. The summed E-state index contributed by atoms with van der Waals surface area (Å²) in [7, 11) is 0. The van der Waals surface area contributed by atoms with E-state index in [1.165, 1.54) is 12.8 Å². The fraction of sp³-hybridized carbons (Fsp3) is 0.357. The van der Waals surface area contributed by atoms with Crippen LogP contribution < -0.4 is 0 Å². The van der Waals surface area contributed by atoms with E-state index in [2.05, 4.69) is 16.2 Å². The van der Waals surface area contributed by atoms with Gasteiger partial charge in [0.15, 0.2) is 5.15 Å². The van der Waals surface area contributed by atoms with E-state index in [1.807, 2.05) is 12.1 Å². The summed E-state index contributed by atoms with van der Waals surface area (Å²) >= 11 is 6.30. The van der Waals surface area contributed by atoms with Crippen molar-refractivity contribution in [2.45, 2.75) is 31.6 Å². The van der Waals surface area contributed by atoms with Crippen LogP contribution in [0.3, 0.4) is 0 Å². The second-order valence-electron chi connectivity index (χ2n) is 4.76. The summed E-state index contributed by atoms with van der Waals surface area (Å²) in [6.07, 6.45) is 7.98. The van der Waals surface area contributed by atoms with E-state index in [1.54, 1.807) is 17.1 Å². The van der Waals surface area contributed by atoms with Crippen molar-refractivity contribution in [1.82, 2.24) is 14.8 Å². The van der Waals surface area contributed by atoms with E-state index in [4.69, 9.17) is 11.6 Å². The minimum atomic E-state index is 0.371. The maximum Gasteiger partial charge on any atom is 0.150 e. The molecule has 2 heterocycles. The van der Waals surface area contributed by atoms with E-state index in [0.717, 1.165) is 24.2 Å². The molecule has 0 unspecified atom stereocenters. The van der Waals surface area contributed by atoms with Crippen LogP contribution in [0.1, 0.15) is 42.9 Å². The molecule has 1 fully saturated rings. The Morgan fingerprint density at radius 2 is 1.95 bits per heavy atom. The van der Waals surface area contributed by atoms with E-state index >= 15 is 0 Å². The van der Waals surface area contributed by atoms with Crippen LogP contribution in [0.15, 0.2) is 24.5 Å². The summed E-state index contributed by atoms with van der Waals surface area (Å²) in [4.78, 5) is 3.98. The average molecular weight is 273 g/mol. The van der Waals surface area contributed by atoms with Crippen molar-refractivity contribution < 1.29 is 0 Å². The number of nitrogens with zero attached hydrogens (tertiary/aromatic N) is 4. The molecule has 1 aliphatic rings. The summed E-state index contributed by atoms with van der Waals surface area (Å²) < 4.78 is 1.63. The zero-order valence-electron chi connectivity index (χ0n) is 10.4. The van der Waals surface area contributed by atoms with Crippen molar-refractivity contribution in [3.05, 3.63) is 40.9 Å². The fourth-order valence-corrected chi connectivity index (χ4v) is 2.93. The molecule has 0 amide bonds. The largest absolute Gasteiger partial charge is 0.265 e. The van der Waals surface area contributed by atoms with E-state index in [-0.39, 0.29) is 0 Å². The highest BCUT2D eigenvalue weighted by Gasteiger charge is 2.26. The third-order valence-corrected chi connectivity index (χ3v) is 3.97. The van der Waals surface area contributed by atoms with Crippen LogP contribution in [0, 0.1) is 11.3 Å². The maximum absolute atomic E-state index is 9.32. The number of nitriles is 1. The summed E-state index contributed by atoms with van der Waals surface area (Å²) in [6, 6.07) is 5.86. The highest BCUT2D eigenvalue weighted by Crippen LogP contribution is 2.37. The van der Waals surface area contributed by atoms with Crippen LogP contribution in [-0.2, 0) is 0 Å². The number of hydrogen-bond donors (Lipinski definition) is 0. The van der Waals surface area contributed by atoms with Gasteiger partial charge in [0.25, 0.3) is 0 Å². The number of halogens is 1. The maximum atomic E-state index is 9.32. The van der Waals surface area contributed by atoms with Crippen LogP contribution in [0.5, 0.6) is 0 Å². The van der Waals surface area contributed by atoms with E-state index < -0.39 is 0 Å². The highest BCUT2D eigenvalue weighted by molar-refractivity contribution is 6.31. The van der Waals surface area contributed by atoms with Crippen molar-refractivity contribution in [2.75, 3.05) is 0 Å². The number of aromatic nitrogens is 3. The molecule has 5 heteroatoms. The molecule has 0 aromatic carbocycles. The molecule has 2 aromatic rings. The lowest BCUT2D eigenvalue weighted by atomic mass is 10.0. The van der Waals surface area contributed by atoms with Gasteiger partial charge in [-0.3, -0.25) is 4.98 Å². The average Bonchev–Trinajstić information content (AvgIpc) is 3.07. The van der Waals surface area contributed by atoms with Crippen molar-refractivity contribution in [3.63, 3.8) is 0 Å². The molecule has 4 nitrogen and oxygen atoms in total. The molecule has 1 saturated carbocycles. The van der Waals surface area contributed by atoms with Crippen molar-refractivity contribution in [1.29, 1.82) is 5.26 Å². The second kappa shape index (κ2) is 5.02. The van der Waals surface area contributed by atoms with Gasteiger partial charge in [0.1, 0.15) is 11.6 Å². The molecule has 96 valence electrons. The Hall–Kier alpha value is -1.86. The first kappa shape index (κ1) is 12.2. The van der Waals surface area contributed by atoms with Gasteiger partial charge in [-0.25, -0.2) is 4.68 Å². The van der Waals surface area contributed by atoms with Crippen LogP contribution in [-0.4, -0.2) is 14.8 Å². The molecule has 0 radical (unpaired) electrons. The summed E-state index contributed by atoms with van der Waals surface area (Å²) in [5.41, 5.74) is 2.20. The molecule has 2 aromatic heterocycles. The quantitative estimate of drug-likeness (QED) is 0.841. The lowest BCUT2D eigenvalue weighted by Crippen LogP contribution is -1.99. The van der Waals surface area contributed by atoms with E-state index in [0.29, 0.717) is 16.6 Å². The Bertz CT molecular complexity index is 621. The van der Waals surface area contributed by atoms with Gasteiger partial charge in [-0.1, -0.05) is 24.4 Å². The summed E-state index contributed by atoms with van der Waals surface area (Å²) in [5, 5.41) is 14.3. The van der Waals surface area contributed by atoms with Gasteiger partial charge in [-0.2, -0.15) is 10.4 Å². The molecule has 1 aliphatic carbocycles. The molecule has 0 bridgehead atoms. The van der Waals surface area contributed by atoms with Crippen molar-refractivity contribution >= 4 is 11.6 Å². The van der Waals surface area contributed by atoms with Gasteiger partial charge in [0.05, 0.1) is 11.4 Å². The highest BCUT2D eigenvalue weighted by atomic mass is 35.5. The molecule has 0 atom stereocenters. The van der Waals surface area contributed by atoms with Crippen LogP contribution in [0.4, 0.5) is 0 Å². The molecule has 0 saturated heterocycles. The topological polar surface area (TPSA) is 54.5 Å². The monoisotopic (exact) mass is 272 g/mol. The predicted molar refractivity (Wildman–Crippen MR) is 72.3 cm³/mol. The molecule has 0 N–H and O–H groups in total. The lowest BCUT2D eigenvalue weighted by molar-refractivity contribution is 0.677. The zero-order valence-corrected chi connectivity index (χ0v) is 11.1. The van der Waals surface area contributed by atoms with Gasteiger partial charge >= 0.3 is 0 Å². The van der Waals surface area contributed by atoms with E-state index in [9.17, 15) is 5.26 Å². The first-order chi connectivity index (χ1) is 9.31. The Morgan fingerprint density at radius 1 is 1.26 bits per heavy atom. The minimum Gasteiger partial charge on any atom is -0.265 e. The molecule has 3 rings (SSSR count). The normalized spacial score (nSPS) is 15.6. The first-order valence-corrected chi connectivity index (χ1v) is 6.78. The third kappa shape index (κ3) is 2.11. The Balaban J connectivity index is 2.10. The number of rotatable bonds is 2. The van der Waals surface area contributed by atoms with Crippen molar-refractivity contribution in [2.24, 2.45) is 0 Å². The van der Waals surface area contributed by atoms with Crippen LogP contribution >= 0.6 is 11.6 Å². The summed E-state index contributed by atoms with van der Waals surface area (Å²) in [6.45, 7) is 0. The Morgan fingerprint density at radius 3 is 2.58 bits per heavy atom. The lowest BCUT2D eigenvalue weighted by Gasteiger charge is -2.04. The Kier molecular flexibility index (Phi) is 3.22. The molecular formula is C14H13ClN4. The molecular weight excluding hydrogens is 260 g/mol. The molecule has 0 spiro atoms. The van der Waals surface area contributed by atoms with Crippen LogP contribution in [0.2, 0.25) is 5.15 Å². The second-order valence-corrected chi connectivity index (χ2v) is 5.12. The van der Waals surface area contributed by atoms with Gasteiger partial charge < -0.3 is 0 Å². The van der Waals surface area contributed by atoms with Crippen molar-refractivity contribution in [3.8, 4) is 11.8 Å². The van der Waals surface area contributed by atoms with Gasteiger partial charge in [0.2, 0.25) is 0 Å². The van der Waals surface area contributed by atoms with Gasteiger partial charge in [0, 0.05) is 18.3 Å². The van der Waals surface area contributed by atoms with Crippen LogP contribution in [0.25, 0.3) is 5.69 Å². The zero-order chi connectivity index (χ0) is 13.2. The minimum absolute atomic E-state index is 0.371. The summed E-state index contributed by atoms with van der Waals surface area (Å²) in [5.74, 6) is 0.371. The standard InChI is InChI=1S/C14H13ClN4/c15-14-12(9-16)13(10-3-1-2-4-10)18-19(14)11-5-7-17-8-6-11/h5-8,10H,1-4H2. The van der Waals surface area contributed by atoms with Gasteiger partial charge in [-0.15, -0.1) is 0 Å². The fourth-order valence-electron chi connectivity index (χ4n) is 2.66. The number of pyridine rings is 1. The molecule has 19 heavy (non-hydrogen) atoms. The smallest absolute Gasteiger partial charge is 0.150 e. The number of hydrogen-bond acceptors (Lipinski definition) is 3. The first-order valence-electron chi connectivity index (χ1n) is 6.40.